The van der Waals surface area contributed by atoms with Crippen LogP contribution in [-0.4, -0.2) is 19.3 Å². The van der Waals surface area contributed by atoms with Gasteiger partial charge in [0.15, 0.2) is 0 Å². The van der Waals surface area contributed by atoms with Gasteiger partial charge in [-0.05, 0) is 12.8 Å². The summed E-state index contributed by atoms with van der Waals surface area (Å²) in [6, 6.07) is 0. The third-order valence-electron chi connectivity index (χ3n) is 2.53. The van der Waals surface area contributed by atoms with Crippen molar-refractivity contribution in [1.82, 2.24) is 5.09 Å². The van der Waals surface area contributed by atoms with Gasteiger partial charge in [0.2, 0.25) is 0 Å². The van der Waals surface area contributed by atoms with Crippen LogP contribution in [0.15, 0.2) is 0 Å². The van der Waals surface area contributed by atoms with Crippen LogP contribution in [0, 0.1) is 0 Å². The highest BCUT2D eigenvalue weighted by atomic mass is 31.2. The lowest BCUT2D eigenvalue weighted by atomic mass is 10.2. The largest absolute Gasteiger partial charge is 0.317 e. The Labute approximate surface area is 87.1 Å². The Bertz CT molecular complexity index is 187. The second-order valence-electron chi connectivity index (χ2n) is 3.91. The zero-order valence-electron chi connectivity index (χ0n) is 9.13. The number of hydrogen-bond donors (Lipinski definition) is 1. The van der Waals surface area contributed by atoms with Crippen LogP contribution in [0.5, 0.6) is 0 Å². The Morgan fingerprint density at radius 3 is 2.71 bits per heavy atom. The summed E-state index contributed by atoms with van der Waals surface area (Å²) in [7, 11) is -2.41. The fourth-order valence-corrected chi connectivity index (χ4v) is 3.59. The molecule has 0 bridgehead atoms. The van der Waals surface area contributed by atoms with Gasteiger partial charge >= 0.3 is 0 Å². The molecule has 1 fully saturated rings. The van der Waals surface area contributed by atoms with E-state index >= 15 is 0 Å². The smallest absolute Gasteiger partial charge is 0.269 e. The molecule has 0 saturated carbocycles. The molecule has 14 heavy (non-hydrogen) atoms. The molecule has 1 atom stereocenters. The van der Waals surface area contributed by atoms with Gasteiger partial charge in [-0.2, -0.15) is 0 Å². The number of rotatable bonds is 6. The summed E-state index contributed by atoms with van der Waals surface area (Å²) in [4.78, 5) is 0. The molecule has 0 radical (unpaired) electrons. The van der Waals surface area contributed by atoms with Crippen LogP contribution in [0.4, 0.5) is 0 Å². The molecule has 0 aromatic carbocycles. The molecule has 1 aliphatic rings. The lowest BCUT2D eigenvalue weighted by Gasteiger charge is -2.23. The van der Waals surface area contributed by atoms with Crippen molar-refractivity contribution in [3.8, 4) is 0 Å². The highest BCUT2D eigenvalue weighted by Gasteiger charge is 2.24. The van der Waals surface area contributed by atoms with Crippen LogP contribution in [0.1, 0.15) is 45.4 Å². The quantitative estimate of drug-likeness (QED) is 0.551. The van der Waals surface area contributed by atoms with E-state index < -0.39 is 7.52 Å². The lowest BCUT2D eigenvalue weighted by Crippen LogP contribution is -2.23. The minimum atomic E-state index is -2.41. The maximum atomic E-state index is 11.9. The van der Waals surface area contributed by atoms with Gasteiger partial charge in [-0.15, -0.1) is 0 Å². The van der Waals surface area contributed by atoms with Crippen LogP contribution in [0.2, 0.25) is 0 Å². The van der Waals surface area contributed by atoms with Crippen LogP contribution in [0.25, 0.3) is 0 Å². The number of nitrogens with one attached hydrogen (secondary N) is 1. The third-order valence-corrected chi connectivity index (χ3v) is 4.74. The monoisotopic (exact) mass is 219 g/mol. The summed E-state index contributed by atoms with van der Waals surface area (Å²) in [6.07, 6.45) is 7.73. The SMILES string of the molecule is CCCCCCCP1(=O)NCCCO1. The molecule has 1 rings (SSSR count). The topological polar surface area (TPSA) is 38.3 Å². The summed E-state index contributed by atoms with van der Waals surface area (Å²) >= 11 is 0. The van der Waals surface area contributed by atoms with Crippen LogP contribution < -0.4 is 5.09 Å². The van der Waals surface area contributed by atoms with E-state index in [0.717, 1.165) is 25.5 Å². The summed E-state index contributed by atoms with van der Waals surface area (Å²) in [5.41, 5.74) is 0. The van der Waals surface area contributed by atoms with E-state index in [4.69, 9.17) is 4.52 Å². The predicted molar refractivity (Wildman–Crippen MR) is 59.8 cm³/mol. The molecule has 0 aromatic heterocycles. The van der Waals surface area contributed by atoms with Gasteiger partial charge in [0.25, 0.3) is 7.52 Å². The molecular formula is C10H22NO2P. The van der Waals surface area contributed by atoms with E-state index in [2.05, 4.69) is 12.0 Å². The normalized spacial score (nSPS) is 27.8. The molecule has 1 N–H and O–H groups in total. The van der Waals surface area contributed by atoms with Crippen molar-refractivity contribution in [2.24, 2.45) is 0 Å². The number of hydrogen-bond acceptors (Lipinski definition) is 2. The van der Waals surface area contributed by atoms with E-state index in [-0.39, 0.29) is 0 Å². The van der Waals surface area contributed by atoms with Gasteiger partial charge in [-0.1, -0.05) is 32.6 Å². The Balaban J connectivity index is 2.07. The molecular weight excluding hydrogens is 197 g/mol. The maximum absolute atomic E-state index is 11.9. The van der Waals surface area contributed by atoms with Crippen molar-refractivity contribution in [3.63, 3.8) is 0 Å². The summed E-state index contributed by atoms with van der Waals surface area (Å²) in [5, 5.41) is 3.02. The van der Waals surface area contributed by atoms with Crippen molar-refractivity contribution in [1.29, 1.82) is 0 Å². The average Bonchev–Trinajstić information content (AvgIpc) is 2.18. The van der Waals surface area contributed by atoms with Crippen molar-refractivity contribution < 1.29 is 9.09 Å². The fourth-order valence-electron chi connectivity index (χ4n) is 1.65. The van der Waals surface area contributed by atoms with Crippen molar-refractivity contribution in [3.05, 3.63) is 0 Å². The first-order valence-corrected chi connectivity index (χ1v) is 7.56. The van der Waals surface area contributed by atoms with Crippen LogP contribution in [0.3, 0.4) is 0 Å². The first-order chi connectivity index (χ1) is 6.77. The highest BCUT2D eigenvalue weighted by molar-refractivity contribution is 7.56. The Kier molecular flexibility index (Phi) is 5.76. The van der Waals surface area contributed by atoms with Crippen LogP contribution in [-0.2, 0) is 9.09 Å². The molecule has 1 unspecified atom stereocenters. The molecule has 1 saturated heterocycles. The Hall–Kier alpha value is 0.150. The highest BCUT2D eigenvalue weighted by Crippen LogP contribution is 2.45. The third kappa shape index (κ3) is 4.59. The van der Waals surface area contributed by atoms with Gasteiger partial charge in [0, 0.05) is 12.7 Å². The zero-order chi connectivity index (χ0) is 10.3. The summed E-state index contributed by atoms with van der Waals surface area (Å²) in [5.74, 6) is 0. The van der Waals surface area contributed by atoms with E-state index in [0.29, 0.717) is 6.61 Å². The van der Waals surface area contributed by atoms with Crippen molar-refractivity contribution in [2.45, 2.75) is 45.4 Å². The first-order valence-electron chi connectivity index (χ1n) is 5.75. The summed E-state index contributed by atoms with van der Waals surface area (Å²) in [6.45, 7) is 3.72. The summed E-state index contributed by atoms with van der Waals surface area (Å²) < 4.78 is 17.2. The lowest BCUT2D eigenvalue weighted by molar-refractivity contribution is 0.277. The minimum Gasteiger partial charge on any atom is -0.317 e. The zero-order valence-corrected chi connectivity index (χ0v) is 10.0. The molecule has 0 amide bonds. The Morgan fingerprint density at radius 1 is 1.29 bits per heavy atom. The molecule has 0 spiro atoms. The minimum absolute atomic E-state index is 0.666. The van der Waals surface area contributed by atoms with E-state index in [1.807, 2.05) is 0 Å². The van der Waals surface area contributed by atoms with E-state index in [9.17, 15) is 4.57 Å². The number of unbranched alkanes of at least 4 members (excludes halogenated alkanes) is 4. The van der Waals surface area contributed by atoms with E-state index in [1.54, 1.807) is 0 Å². The molecule has 3 nitrogen and oxygen atoms in total. The fraction of sp³-hybridized carbons (Fsp3) is 1.00. The van der Waals surface area contributed by atoms with Crippen LogP contribution >= 0.6 is 7.52 Å². The maximum Gasteiger partial charge on any atom is 0.269 e. The van der Waals surface area contributed by atoms with E-state index in [1.165, 1.54) is 25.7 Å². The van der Waals surface area contributed by atoms with Gasteiger partial charge in [0.1, 0.15) is 0 Å². The van der Waals surface area contributed by atoms with Gasteiger partial charge < -0.3 is 4.52 Å². The Morgan fingerprint density at radius 2 is 2.07 bits per heavy atom. The van der Waals surface area contributed by atoms with Gasteiger partial charge in [-0.3, -0.25) is 4.57 Å². The van der Waals surface area contributed by atoms with Gasteiger partial charge in [0.05, 0.1) is 6.61 Å². The molecule has 0 aliphatic carbocycles. The predicted octanol–water partition coefficient (Wildman–Crippen LogP) is 3.16. The van der Waals surface area contributed by atoms with Crippen molar-refractivity contribution in [2.75, 3.05) is 19.3 Å². The molecule has 4 heteroatoms. The van der Waals surface area contributed by atoms with Crippen molar-refractivity contribution >= 4 is 7.52 Å². The first kappa shape index (κ1) is 12.2. The molecule has 84 valence electrons. The van der Waals surface area contributed by atoms with Gasteiger partial charge in [-0.25, -0.2) is 5.09 Å². The molecule has 1 aliphatic heterocycles. The standard InChI is InChI=1S/C10H22NO2P/c1-2-3-4-5-6-10-14(12)11-8-7-9-13-14/h2-10H2,1H3,(H,11,12). The molecule has 1 heterocycles. The average molecular weight is 219 g/mol. The molecule has 0 aromatic rings. The second-order valence-corrected chi connectivity index (χ2v) is 6.27. The second kappa shape index (κ2) is 6.60.